The van der Waals surface area contributed by atoms with Crippen LogP contribution in [0.2, 0.25) is 5.02 Å². The Balaban J connectivity index is 1.69. The molecule has 0 saturated heterocycles. The maximum atomic E-state index is 12.3. The maximum Gasteiger partial charge on any atom is 0.329 e. The number of pyridine rings is 1. The smallest absolute Gasteiger partial charge is 0.329 e. The minimum atomic E-state index is -1.18. The van der Waals surface area contributed by atoms with E-state index in [1.807, 2.05) is 0 Å². The van der Waals surface area contributed by atoms with Crippen LogP contribution in [-0.4, -0.2) is 34.1 Å². The van der Waals surface area contributed by atoms with Crippen molar-refractivity contribution in [2.24, 2.45) is 5.92 Å². The van der Waals surface area contributed by atoms with Crippen molar-refractivity contribution in [3.05, 3.63) is 22.8 Å². The van der Waals surface area contributed by atoms with E-state index in [9.17, 15) is 14.7 Å². The number of rotatable bonds is 6. The average Bonchev–Trinajstić information content (AvgIpc) is 3.23. The minimum Gasteiger partial charge on any atom is -0.480 e. The Morgan fingerprint density at radius 1 is 1.39 bits per heavy atom. The Labute approximate surface area is 139 Å². The molecule has 7 heteroatoms. The first-order chi connectivity index (χ1) is 11.0. The fraction of sp³-hybridized carbons (Fsp3) is 0.562. The standard InChI is InChI=1S/C16H19ClN2O4/c17-12-7-11(8-18-14(12)23-9-10-3-4-10)13(20)19-16(15(21)22)5-1-2-6-16/h7-8,10H,1-6,9H2,(H,19,20)(H,21,22). The molecule has 1 amide bonds. The molecule has 2 aliphatic carbocycles. The lowest BCUT2D eigenvalue weighted by Crippen LogP contribution is -2.52. The van der Waals surface area contributed by atoms with Crippen molar-refractivity contribution in [1.29, 1.82) is 0 Å². The predicted octanol–water partition coefficient (Wildman–Crippen LogP) is 2.65. The van der Waals surface area contributed by atoms with Crippen LogP contribution >= 0.6 is 11.6 Å². The van der Waals surface area contributed by atoms with Crippen LogP contribution in [0.1, 0.15) is 48.9 Å². The molecule has 3 rings (SSSR count). The number of aliphatic carboxylic acids is 1. The normalized spacial score (nSPS) is 19.3. The first kappa shape index (κ1) is 16.1. The van der Waals surface area contributed by atoms with Gasteiger partial charge in [0.2, 0.25) is 5.88 Å². The van der Waals surface area contributed by atoms with Gasteiger partial charge in [0.05, 0.1) is 12.2 Å². The molecule has 0 atom stereocenters. The maximum absolute atomic E-state index is 12.3. The van der Waals surface area contributed by atoms with Gasteiger partial charge in [-0.3, -0.25) is 4.79 Å². The number of amides is 1. The van der Waals surface area contributed by atoms with E-state index in [0.29, 0.717) is 31.2 Å². The number of aromatic nitrogens is 1. The van der Waals surface area contributed by atoms with Crippen LogP contribution in [0.4, 0.5) is 0 Å². The monoisotopic (exact) mass is 338 g/mol. The van der Waals surface area contributed by atoms with E-state index in [2.05, 4.69) is 10.3 Å². The zero-order chi connectivity index (χ0) is 16.4. The number of halogens is 1. The van der Waals surface area contributed by atoms with Gasteiger partial charge in [-0.05, 0) is 37.7 Å². The summed E-state index contributed by atoms with van der Waals surface area (Å²) in [6.07, 6.45) is 6.16. The summed E-state index contributed by atoms with van der Waals surface area (Å²) in [5.74, 6) is -0.582. The second-order valence-corrected chi connectivity index (χ2v) is 6.72. The van der Waals surface area contributed by atoms with Gasteiger partial charge in [-0.15, -0.1) is 0 Å². The van der Waals surface area contributed by atoms with Crippen molar-refractivity contribution in [3.8, 4) is 5.88 Å². The fourth-order valence-corrected chi connectivity index (χ4v) is 3.02. The van der Waals surface area contributed by atoms with Gasteiger partial charge >= 0.3 is 5.97 Å². The molecule has 0 aromatic carbocycles. The van der Waals surface area contributed by atoms with E-state index >= 15 is 0 Å². The molecule has 0 spiro atoms. The van der Waals surface area contributed by atoms with Gasteiger partial charge in [0.15, 0.2) is 0 Å². The van der Waals surface area contributed by atoms with Gasteiger partial charge in [0.25, 0.3) is 5.91 Å². The van der Waals surface area contributed by atoms with E-state index in [1.165, 1.54) is 12.3 Å². The van der Waals surface area contributed by atoms with E-state index in [-0.39, 0.29) is 10.6 Å². The molecule has 2 saturated carbocycles. The van der Waals surface area contributed by atoms with Crippen molar-refractivity contribution < 1.29 is 19.4 Å². The van der Waals surface area contributed by atoms with Crippen molar-refractivity contribution >= 4 is 23.5 Å². The SMILES string of the molecule is O=C(NC1(C(=O)O)CCCC1)c1cnc(OCC2CC2)c(Cl)c1. The second kappa shape index (κ2) is 6.35. The molecule has 0 radical (unpaired) electrons. The number of nitrogens with zero attached hydrogens (tertiary/aromatic N) is 1. The molecule has 2 N–H and O–H groups in total. The highest BCUT2D eigenvalue weighted by molar-refractivity contribution is 6.32. The summed E-state index contributed by atoms with van der Waals surface area (Å²) in [5, 5.41) is 12.3. The number of hydrogen-bond acceptors (Lipinski definition) is 4. The van der Waals surface area contributed by atoms with Crippen molar-refractivity contribution in [3.63, 3.8) is 0 Å². The summed E-state index contributed by atoms with van der Waals surface area (Å²) in [5.41, 5.74) is -0.939. The van der Waals surface area contributed by atoms with E-state index in [1.54, 1.807) is 0 Å². The third-order valence-electron chi connectivity index (χ3n) is 4.44. The van der Waals surface area contributed by atoms with Gasteiger partial charge in [-0.1, -0.05) is 24.4 Å². The number of nitrogens with one attached hydrogen (secondary N) is 1. The van der Waals surface area contributed by atoms with Crippen molar-refractivity contribution in [1.82, 2.24) is 10.3 Å². The first-order valence-corrected chi connectivity index (χ1v) is 8.22. The average molecular weight is 339 g/mol. The summed E-state index contributed by atoms with van der Waals surface area (Å²) >= 11 is 6.11. The second-order valence-electron chi connectivity index (χ2n) is 6.31. The molecule has 23 heavy (non-hydrogen) atoms. The first-order valence-electron chi connectivity index (χ1n) is 7.84. The van der Waals surface area contributed by atoms with E-state index in [0.717, 1.165) is 25.7 Å². The van der Waals surface area contributed by atoms with Crippen molar-refractivity contribution in [2.75, 3.05) is 6.61 Å². The highest BCUT2D eigenvalue weighted by atomic mass is 35.5. The topological polar surface area (TPSA) is 88.5 Å². The Kier molecular flexibility index (Phi) is 4.43. The zero-order valence-corrected chi connectivity index (χ0v) is 13.4. The molecule has 0 aliphatic heterocycles. The van der Waals surface area contributed by atoms with Crippen LogP contribution < -0.4 is 10.1 Å². The van der Waals surface area contributed by atoms with E-state index in [4.69, 9.17) is 16.3 Å². The zero-order valence-electron chi connectivity index (χ0n) is 12.7. The van der Waals surface area contributed by atoms with Crippen LogP contribution in [-0.2, 0) is 4.79 Å². The lowest BCUT2D eigenvalue weighted by molar-refractivity contribution is -0.144. The van der Waals surface area contributed by atoms with Gasteiger partial charge in [0.1, 0.15) is 10.6 Å². The Bertz CT molecular complexity index is 625. The quantitative estimate of drug-likeness (QED) is 0.832. The van der Waals surface area contributed by atoms with Gasteiger partial charge < -0.3 is 15.2 Å². The van der Waals surface area contributed by atoms with Gasteiger partial charge in [-0.2, -0.15) is 0 Å². The Morgan fingerprint density at radius 2 is 2.09 bits per heavy atom. The molecule has 0 bridgehead atoms. The molecule has 1 heterocycles. The molecule has 1 aromatic heterocycles. The van der Waals surface area contributed by atoms with Crippen LogP contribution in [0, 0.1) is 5.92 Å². The Morgan fingerprint density at radius 3 is 2.65 bits per heavy atom. The molecule has 2 aliphatic rings. The molecule has 2 fully saturated rings. The molecule has 0 unspecified atom stereocenters. The van der Waals surface area contributed by atoms with Crippen LogP contribution in [0.3, 0.4) is 0 Å². The molecule has 124 valence electrons. The molecule has 1 aromatic rings. The van der Waals surface area contributed by atoms with Crippen LogP contribution in [0.5, 0.6) is 5.88 Å². The third-order valence-corrected chi connectivity index (χ3v) is 4.71. The lowest BCUT2D eigenvalue weighted by atomic mass is 9.97. The summed E-state index contributed by atoms with van der Waals surface area (Å²) in [4.78, 5) is 27.9. The third kappa shape index (κ3) is 3.58. The van der Waals surface area contributed by atoms with Crippen LogP contribution in [0.15, 0.2) is 12.3 Å². The number of carboxylic acids is 1. The summed E-state index contributed by atoms with van der Waals surface area (Å²) < 4.78 is 5.52. The number of ether oxygens (including phenoxy) is 1. The largest absolute Gasteiger partial charge is 0.480 e. The fourth-order valence-electron chi connectivity index (χ4n) is 2.80. The minimum absolute atomic E-state index is 0.237. The number of hydrogen-bond donors (Lipinski definition) is 2. The Hall–Kier alpha value is -1.82. The molecular formula is C16H19ClN2O4. The highest BCUT2D eigenvalue weighted by Gasteiger charge is 2.42. The summed E-state index contributed by atoms with van der Waals surface area (Å²) in [6, 6.07) is 1.47. The number of carbonyl (C=O) groups is 2. The number of carboxylic acid groups (broad SMARTS) is 1. The highest BCUT2D eigenvalue weighted by Crippen LogP contribution is 2.32. The number of carbonyl (C=O) groups excluding carboxylic acids is 1. The molecular weight excluding hydrogens is 320 g/mol. The predicted molar refractivity (Wildman–Crippen MR) is 83.8 cm³/mol. The lowest BCUT2D eigenvalue weighted by Gasteiger charge is -2.25. The van der Waals surface area contributed by atoms with Gasteiger partial charge in [0, 0.05) is 6.20 Å². The van der Waals surface area contributed by atoms with Gasteiger partial charge in [-0.25, -0.2) is 9.78 Å². The van der Waals surface area contributed by atoms with E-state index < -0.39 is 17.4 Å². The van der Waals surface area contributed by atoms with Crippen molar-refractivity contribution in [2.45, 2.75) is 44.1 Å². The van der Waals surface area contributed by atoms with Crippen LogP contribution in [0.25, 0.3) is 0 Å². The molecule has 6 nitrogen and oxygen atoms in total. The summed E-state index contributed by atoms with van der Waals surface area (Å²) in [7, 11) is 0. The summed E-state index contributed by atoms with van der Waals surface area (Å²) in [6.45, 7) is 0.584.